The molecule has 0 saturated heterocycles. The van der Waals surface area contributed by atoms with Crippen LogP contribution >= 0.6 is 11.8 Å². The molecule has 7 heteroatoms. The average Bonchev–Trinajstić information content (AvgIpc) is 2.85. The van der Waals surface area contributed by atoms with Crippen LogP contribution in [0.4, 0.5) is 5.95 Å². The molecule has 21 heavy (non-hydrogen) atoms. The molecule has 0 saturated carbocycles. The summed E-state index contributed by atoms with van der Waals surface area (Å²) in [6.45, 7) is 3.49. The number of H-pyrrole nitrogens is 1. The molecule has 0 unspecified atom stereocenters. The molecule has 6 nitrogen and oxygen atoms in total. The number of hydrogen-bond acceptors (Lipinski definition) is 6. The van der Waals surface area contributed by atoms with E-state index in [1.807, 2.05) is 13.0 Å². The Kier molecular flexibility index (Phi) is 4.85. The maximum atomic E-state index is 11.5. The van der Waals surface area contributed by atoms with Crippen LogP contribution in [-0.2, 0) is 12.2 Å². The zero-order valence-corrected chi connectivity index (χ0v) is 12.8. The van der Waals surface area contributed by atoms with Crippen LogP contribution in [0.15, 0.2) is 17.3 Å². The van der Waals surface area contributed by atoms with E-state index in [1.54, 1.807) is 6.07 Å². The fraction of sp³-hybridized carbons (Fsp3) is 0.357. The van der Waals surface area contributed by atoms with E-state index in [0.29, 0.717) is 16.5 Å². The topological polar surface area (TPSA) is 105 Å². The molecule has 0 bridgehead atoms. The van der Waals surface area contributed by atoms with Crippen molar-refractivity contribution in [1.82, 2.24) is 15.2 Å². The average molecular weight is 306 g/mol. The Hall–Kier alpha value is -2.02. The molecular formula is C14H18N4O2S. The number of phenolic OH excluding ortho intramolecular Hbond substituents is 1. The van der Waals surface area contributed by atoms with Gasteiger partial charge in [0.25, 0.3) is 0 Å². The van der Waals surface area contributed by atoms with Gasteiger partial charge in [-0.1, -0.05) is 31.2 Å². The highest BCUT2D eigenvalue weighted by Crippen LogP contribution is 2.31. The second kappa shape index (κ2) is 6.62. The van der Waals surface area contributed by atoms with Crippen molar-refractivity contribution in [2.45, 2.75) is 37.6 Å². The van der Waals surface area contributed by atoms with Crippen molar-refractivity contribution in [2.24, 2.45) is 0 Å². The summed E-state index contributed by atoms with van der Waals surface area (Å²) in [5.74, 6) is 0.849. The summed E-state index contributed by atoms with van der Waals surface area (Å²) < 4.78 is 0. The van der Waals surface area contributed by atoms with Crippen molar-refractivity contribution in [1.29, 1.82) is 0 Å². The van der Waals surface area contributed by atoms with Crippen LogP contribution in [0.25, 0.3) is 0 Å². The second-order valence-electron chi connectivity index (χ2n) is 4.70. The number of carbonyl (C=O) groups is 1. The molecule has 4 N–H and O–H groups in total. The molecule has 112 valence electrons. The monoisotopic (exact) mass is 306 g/mol. The Balaban J connectivity index is 2.25. The molecule has 0 amide bonds. The molecule has 0 aliphatic heterocycles. The molecule has 2 rings (SSSR count). The van der Waals surface area contributed by atoms with Crippen LogP contribution in [-0.4, -0.2) is 26.1 Å². The minimum Gasteiger partial charge on any atom is -0.507 e. The van der Waals surface area contributed by atoms with Gasteiger partial charge < -0.3 is 10.8 Å². The zero-order valence-electron chi connectivity index (χ0n) is 12.0. The lowest BCUT2D eigenvalue weighted by Gasteiger charge is -2.12. The Morgan fingerprint density at radius 1 is 1.48 bits per heavy atom. The smallest absolute Gasteiger partial charge is 0.216 e. The molecule has 0 radical (unpaired) electrons. The summed E-state index contributed by atoms with van der Waals surface area (Å²) >= 11 is 1.43. The first-order valence-electron chi connectivity index (χ1n) is 6.68. The van der Waals surface area contributed by atoms with Gasteiger partial charge in [-0.2, -0.15) is 4.98 Å². The van der Waals surface area contributed by atoms with E-state index in [2.05, 4.69) is 15.2 Å². The van der Waals surface area contributed by atoms with Crippen LogP contribution in [0, 0.1) is 0 Å². The van der Waals surface area contributed by atoms with Crippen LogP contribution < -0.4 is 5.73 Å². The quantitative estimate of drug-likeness (QED) is 0.559. The number of nitrogen functional groups attached to an aromatic ring is 1. The first kappa shape index (κ1) is 15.4. The van der Waals surface area contributed by atoms with Crippen LogP contribution in [0.2, 0.25) is 0 Å². The molecule has 0 fully saturated rings. The highest BCUT2D eigenvalue weighted by molar-refractivity contribution is 7.98. The Bertz CT molecular complexity index is 654. The van der Waals surface area contributed by atoms with Gasteiger partial charge in [-0.05, 0) is 30.5 Å². The number of ketones is 1. The second-order valence-corrected chi connectivity index (χ2v) is 5.64. The summed E-state index contributed by atoms with van der Waals surface area (Å²) in [5.41, 5.74) is 7.65. The highest BCUT2D eigenvalue weighted by atomic mass is 32.2. The molecule has 1 heterocycles. The summed E-state index contributed by atoms with van der Waals surface area (Å²) in [7, 11) is 0. The number of thioether (sulfide) groups is 1. The number of carbonyl (C=O) groups excluding carboxylic acids is 1. The molecular weight excluding hydrogens is 288 g/mol. The van der Waals surface area contributed by atoms with Crippen LogP contribution in [0.5, 0.6) is 5.75 Å². The number of rotatable bonds is 6. The van der Waals surface area contributed by atoms with E-state index in [1.165, 1.54) is 18.7 Å². The van der Waals surface area contributed by atoms with Crippen LogP contribution in [0.3, 0.4) is 0 Å². The van der Waals surface area contributed by atoms with E-state index in [9.17, 15) is 9.90 Å². The number of anilines is 1. The van der Waals surface area contributed by atoms with Crippen molar-refractivity contribution in [3.05, 3.63) is 28.8 Å². The number of phenols is 1. The van der Waals surface area contributed by atoms with Crippen molar-refractivity contribution in [3.8, 4) is 5.75 Å². The fourth-order valence-corrected chi connectivity index (χ4v) is 2.92. The SMILES string of the molecule is CCCc1c(CSc2n[nH]c(N)n2)ccc(C(C)=O)c1O. The third kappa shape index (κ3) is 3.55. The largest absolute Gasteiger partial charge is 0.507 e. The predicted molar refractivity (Wildman–Crippen MR) is 82.5 cm³/mol. The first-order valence-corrected chi connectivity index (χ1v) is 7.66. The molecule has 1 aromatic heterocycles. The maximum Gasteiger partial charge on any atom is 0.216 e. The number of aromatic nitrogens is 3. The van der Waals surface area contributed by atoms with Gasteiger partial charge in [-0.15, -0.1) is 5.10 Å². The molecule has 0 atom stereocenters. The van der Waals surface area contributed by atoms with Crippen molar-refractivity contribution in [2.75, 3.05) is 5.73 Å². The van der Waals surface area contributed by atoms with Crippen molar-refractivity contribution < 1.29 is 9.90 Å². The summed E-state index contributed by atoms with van der Waals surface area (Å²) in [5, 5.41) is 17.4. The maximum absolute atomic E-state index is 11.5. The van der Waals surface area contributed by atoms with Gasteiger partial charge in [0.15, 0.2) is 5.78 Å². The Morgan fingerprint density at radius 3 is 2.81 bits per heavy atom. The standard InChI is InChI=1S/C14H18N4O2S/c1-3-4-11-9(5-6-10(8(2)19)12(11)20)7-21-14-16-13(15)17-18-14/h5-6,20H,3-4,7H2,1-2H3,(H3,15,16,17,18). The zero-order chi connectivity index (χ0) is 15.4. The minimum absolute atomic E-state index is 0.0944. The number of aromatic hydroxyl groups is 1. The number of nitrogens with two attached hydrogens (primary N) is 1. The summed E-state index contributed by atoms with van der Waals surface area (Å²) in [6, 6.07) is 3.55. The van der Waals surface area contributed by atoms with Gasteiger partial charge in [0.1, 0.15) is 5.75 Å². The number of nitrogens with zero attached hydrogens (tertiary/aromatic N) is 2. The lowest BCUT2D eigenvalue weighted by molar-refractivity contribution is 0.101. The van der Waals surface area contributed by atoms with E-state index in [-0.39, 0.29) is 17.5 Å². The summed E-state index contributed by atoms with van der Waals surface area (Å²) in [6.07, 6.45) is 1.61. The lowest BCUT2D eigenvalue weighted by Crippen LogP contribution is -2.00. The molecule has 2 aromatic rings. The molecule has 0 aliphatic rings. The normalized spacial score (nSPS) is 10.8. The third-order valence-electron chi connectivity index (χ3n) is 3.10. The van der Waals surface area contributed by atoms with Gasteiger partial charge in [-0.25, -0.2) is 5.10 Å². The summed E-state index contributed by atoms with van der Waals surface area (Å²) in [4.78, 5) is 15.5. The molecule has 0 spiro atoms. The van der Waals surface area contributed by atoms with Gasteiger partial charge in [0.05, 0.1) is 5.56 Å². The van der Waals surface area contributed by atoms with Gasteiger partial charge >= 0.3 is 0 Å². The van der Waals surface area contributed by atoms with Crippen LogP contribution in [0.1, 0.15) is 41.8 Å². The van der Waals surface area contributed by atoms with Crippen molar-refractivity contribution >= 4 is 23.5 Å². The lowest BCUT2D eigenvalue weighted by atomic mass is 9.98. The number of benzene rings is 1. The minimum atomic E-state index is -0.134. The van der Waals surface area contributed by atoms with E-state index >= 15 is 0 Å². The van der Waals surface area contributed by atoms with Crippen molar-refractivity contribution in [3.63, 3.8) is 0 Å². The number of nitrogens with one attached hydrogen (secondary N) is 1. The van der Waals surface area contributed by atoms with Gasteiger partial charge in [0.2, 0.25) is 11.1 Å². The Labute approximate surface area is 127 Å². The van der Waals surface area contributed by atoms with E-state index < -0.39 is 0 Å². The molecule has 0 aliphatic carbocycles. The Morgan fingerprint density at radius 2 is 2.24 bits per heavy atom. The fourth-order valence-electron chi connectivity index (χ4n) is 2.09. The van der Waals surface area contributed by atoms with E-state index in [0.717, 1.165) is 24.0 Å². The number of aromatic amines is 1. The van der Waals surface area contributed by atoms with Gasteiger partial charge in [-0.3, -0.25) is 4.79 Å². The third-order valence-corrected chi connectivity index (χ3v) is 3.99. The first-order chi connectivity index (χ1) is 10.0. The number of hydrogen-bond donors (Lipinski definition) is 3. The van der Waals surface area contributed by atoms with Gasteiger partial charge in [0, 0.05) is 5.75 Å². The molecule has 1 aromatic carbocycles. The number of Topliss-reactive ketones (excluding diaryl/α,β-unsaturated/α-hetero) is 1. The van der Waals surface area contributed by atoms with E-state index in [4.69, 9.17) is 5.73 Å². The predicted octanol–water partition coefficient (Wildman–Crippen LogP) is 2.54. The highest BCUT2D eigenvalue weighted by Gasteiger charge is 2.15.